The quantitative estimate of drug-likeness (QED) is 0.599. The zero-order valence-corrected chi connectivity index (χ0v) is 17.8. The van der Waals surface area contributed by atoms with Crippen LogP contribution in [0.4, 0.5) is 0 Å². The van der Waals surface area contributed by atoms with Crippen LogP contribution in [0.2, 0.25) is 5.02 Å². The van der Waals surface area contributed by atoms with E-state index in [1.165, 1.54) is 11.3 Å². The molecule has 24 heavy (non-hydrogen) atoms. The third-order valence-corrected chi connectivity index (χ3v) is 6.13. The molecule has 0 atom stereocenters. The fourth-order valence-corrected chi connectivity index (χ4v) is 4.29. The van der Waals surface area contributed by atoms with Gasteiger partial charge in [-0.2, -0.15) is 0 Å². The molecule has 1 amide bonds. The van der Waals surface area contributed by atoms with Crippen LogP contribution in [0.15, 0.2) is 18.2 Å². The van der Waals surface area contributed by atoms with E-state index in [9.17, 15) is 4.79 Å². The zero-order chi connectivity index (χ0) is 17.7. The first-order chi connectivity index (χ1) is 11.5. The molecular weight excluding hydrogens is 457 g/mol. The Morgan fingerprint density at radius 2 is 2.08 bits per heavy atom. The summed E-state index contributed by atoms with van der Waals surface area (Å²) in [5.41, 5.74) is 1.73. The van der Waals surface area contributed by atoms with E-state index in [4.69, 9.17) is 11.6 Å². The van der Waals surface area contributed by atoms with Crippen LogP contribution >= 0.6 is 45.5 Å². The number of nitrogens with zero attached hydrogens (tertiary/aromatic N) is 2. The summed E-state index contributed by atoms with van der Waals surface area (Å²) in [6, 6.07) is 5.70. The lowest BCUT2D eigenvalue weighted by Crippen LogP contribution is -2.34. The Morgan fingerprint density at radius 1 is 1.38 bits per heavy atom. The van der Waals surface area contributed by atoms with Crippen LogP contribution in [-0.2, 0) is 0 Å². The maximum absolute atomic E-state index is 12.4. The predicted molar refractivity (Wildman–Crippen MR) is 110 cm³/mol. The van der Waals surface area contributed by atoms with Gasteiger partial charge in [-0.05, 0) is 60.8 Å². The predicted octanol–water partition coefficient (Wildman–Crippen LogP) is 4.45. The van der Waals surface area contributed by atoms with Crippen molar-refractivity contribution in [2.75, 3.05) is 26.2 Å². The minimum absolute atomic E-state index is 0.0551. The molecular formula is C17H21ClIN3OS. The normalized spacial score (nSPS) is 11.1. The molecule has 0 bridgehead atoms. The highest BCUT2D eigenvalue weighted by atomic mass is 127. The number of hydrogen-bond donors (Lipinski definition) is 1. The van der Waals surface area contributed by atoms with E-state index >= 15 is 0 Å². The number of amides is 1. The van der Waals surface area contributed by atoms with Gasteiger partial charge in [-0.25, -0.2) is 4.98 Å². The van der Waals surface area contributed by atoms with Crippen LogP contribution in [0, 0.1) is 10.5 Å². The number of aromatic nitrogens is 1. The second-order valence-corrected chi connectivity index (χ2v) is 7.94. The first-order valence-electron chi connectivity index (χ1n) is 7.89. The Labute approximate surface area is 165 Å². The third kappa shape index (κ3) is 4.91. The molecule has 7 heteroatoms. The monoisotopic (exact) mass is 477 g/mol. The van der Waals surface area contributed by atoms with Gasteiger partial charge in [0.05, 0.1) is 5.69 Å². The highest BCUT2D eigenvalue weighted by molar-refractivity contribution is 14.1. The maximum Gasteiger partial charge on any atom is 0.263 e. The Hall–Kier alpha value is -0.700. The van der Waals surface area contributed by atoms with Gasteiger partial charge in [-0.1, -0.05) is 25.4 Å². The molecule has 0 radical (unpaired) electrons. The molecule has 2 aromatic rings. The van der Waals surface area contributed by atoms with Gasteiger partial charge < -0.3 is 10.2 Å². The van der Waals surface area contributed by atoms with Crippen LogP contribution in [0.1, 0.15) is 29.2 Å². The van der Waals surface area contributed by atoms with Crippen LogP contribution in [0.3, 0.4) is 0 Å². The Balaban J connectivity index is 2.11. The Bertz CT molecular complexity index is 716. The first-order valence-corrected chi connectivity index (χ1v) is 10.2. The summed E-state index contributed by atoms with van der Waals surface area (Å²) < 4.78 is 1.07. The molecule has 4 nitrogen and oxygen atoms in total. The molecule has 0 saturated carbocycles. The van der Waals surface area contributed by atoms with Gasteiger partial charge in [0.25, 0.3) is 5.91 Å². The van der Waals surface area contributed by atoms with Gasteiger partial charge in [0.1, 0.15) is 9.88 Å². The van der Waals surface area contributed by atoms with Crippen molar-refractivity contribution in [1.82, 2.24) is 15.2 Å². The number of benzene rings is 1. The van der Waals surface area contributed by atoms with Gasteiger partial charge in [-0.3, -0.25) is 4.79 Å². The van der Waals surface area contributed by atoms with E-state index in [0.717, 1.165) is 39.5 Å². The van der Waals surface area contributed by atoms with Crippen molar-refractivity contribution in [3.8, 4) is 10.6 Å². The SMILES string of the molecule is CCN(CC)CCNC(=O)c1sc(-c2cc(Cl)ccc2I)nc1C. The molecule has 0 aliphatic heterocycles. The van der Waals surface area contributed by atoms with Crippen LogP contribution in [0.25, 0.3) is 10.6 Å². The molecule has 2 rings (SSSR count). The van der Waals surface area contributed by atoms with Crippen molar-refractivity contribution in [1.29, 1.82) is 0 Å². The average Bonchev–Trinajstić information content (AvgIpc) is 2.95. The minimum Gasteiger partial charge on any atom is -0.350 e. The average molecular weight is 478 g/mol. The molecule has 0 saturated heterocycles. The van der Waals surface area contributed by atoms with Crippen LogP contribution < -0.4 is 5.32 Å². The lowest BCUT2D eigenvalue weighted by atomic mass is 10.2. The summed E-state index contributed by atoms with van der Waals surface area (Å²) in [4.78, 5) is 19.9. The van der Waals surface area contributed by atoms with E-state index in [1.807, 2.05) is 25.1 Å². The number of nitrogens with one attached hydrogen (secondary N) is 1. The van der Waals surface area contributed by atoms with Crippen LogP contribution in [-0.4, -0.2) is 42.0 Å². The van der Waals surface area contributed by atoms with Crippen molar-refractivity contribution in [3.05, 3.63) is 37.4 Å². The van der Waals surface area contributed by atoms with Crippen molar-refractivity contribution in [3.63, 3.8) is 0 Å². The molecule has 0 fully saturated rings. The Kier molecular flexibility index (Phi) is 7.46. The summed E-state index contributed by atoms with van der Waals surface area (Å²) in [6.07, 6.45) is 0. The van der Waals surface area contributed by atoms with Gasteiger partial charge in [0.2, 0.25) is 0 Å². The van der Waals surface area contributed by atoms with Crippen molar-refractivity contribution in [2.45, 2.75) is 20.8 Å². The zero-order valence-electron chi connectivity index (χ0n) is 14.0. The number of aryl methyl sites for hydroxylation is 1. The molecule has 0 unspecified atom stereocenters. The van der Waals surface area contributed by atoms with E-state index in [1.54, 1.807) is 0 Å². The maximum atomic E-state index is 12.4. The number of carbonyl (C=O) groups is 1. The number of likely N-dealkylation sites (N-methyl/N-ethyl adjacent to an activating group) is 1. The highest BCUT2D eigenvalue weighted by Gasteiger charge is 2.17. The largest absolute Gasteiger partial charge is 0.350 e. The summed E-state index contributed by atoms with van der Waals surface area (Å²) >= 11 is 9.76. The first kappa shape index (κ1) is 19.6. The molecule has 1 heterocycles. The smallest absolute Gasteiger partial charge is 0.263 e. The van der Waals surface area contributed by atoms with E-state index < -0.39 is 0 Å². The second-order valence-electron chi connectivity index (χ2n) is 5.34. The van der Waals surface area contributed by atoms with Crippen molar-refractivity contribution < 1.29 is 4.79 Å². The van der Waals surface area contributed by atoms with Gasteiger partial charge in [0.15, 0.2) is 0 Å². The highest BCUT2D eigenvalue weighted by Crippen LogP contribution is 2.32. The summed E-state index contributed by atoms with van der Waals surface area (Å²) in [6.45, 7) is 9.59. The molecule has 130 valence electrons. The number of rotatable bonds is 7. The fraction of sp³-hybridized carbons (Fsp3) is 0.412. The standard InChI is InChI=1S/C17H21ClIN3OS/c1-4-22(5-2)9-8-20-16(23)15-11(3)21-17(24-15)13-10-12(18)6-7-14(13)19/h6-7,10H,4-5,8-9H2,1-3H3,(H,20,23). The summed E-state index contributed by atoms with van der Waals surface area (Å²) in [5, 5.41) is 4.49. The number of carbonyl (C=O) groups excluding carboxylic acids is 1. The minimum atomic E-state index is -0.0551. The molecule has 1 aromatic heterocycles. The van der Waals surface area contributed by atoms with E-state index in [0.29, 0.717) is 16.4 Å². The van der Waals surface area contributed by atoms with E-state index in [2.05, 4.69) is 51.6 Å². The summed E-state index contributed by atoms with van der Waals surface area (Å²) in [7, 11) is 0. The number of thiazole rings is 1. The topological polar surface area (TPSA) is 45.2 Å². The second kappa shape index (κ2) is 9.12. The van der Waals surface area contributed by atoms with Crippen molar-refractivity contribution in [2.24, 2.45) is 0 Å². The lowest BCUT2D eigenvalue weighted by Gasteiger charge is -2.17. The lowest BCUT2D eigenvalue weighted by molar-refractivity contribution is 0.0952. The number of hydrogen-bond acceptors (Lipinski definition) is 4. The molecule has 1 N–H and O–H groups in total. The molecule has 0 aliphatic rings. The summed E-state index contributed by atoms with van der Waals surface area (Å²) in [5.74, 6) is -0.0551. The van der Waals surface area contributed by atoms with Crippen LogP contribution in [0.5, 0.6) is 0 Å². The molecule has 0 spiro atoms. The fourth-order valence-electron chi connectivity index (χ4n) is 2.33. The van der Waals surface area contributed by atoms with Gasteiger partial charge >= 0.3 is 0 Å². The van der Waals surface area contributed by atoms with Crippen molar-refractivity contribution >= 4 is 51.4 Å². The van der Waals surface area contributed by atoms with E-state index in [-0.39, 0.29) is 5.91 Å². The molecule has 0 aliphatic carbocycles. The molecule has 1 aromatic carbocycles. The van der Waals surface area contributed by atoms with Gasteiger partial charge in [-0.15, -0.1) is 11.3 Å². The van der Waals surface area contributed by atoms with Gasteiger partial charge in [0, 0.05) is 27.2 Å². The number of halogens is 2. The third-order valence-electron chi connectivity index (χ3n) is 3.77. The Morgan fingerprint density at radius 3 is 2.75 bits per heavy atom.